The summed E-state index contributed by atoms with van der Waals surface area (Å²) in [7, 11) is 0. The Morgan fingerprint density at radius 1 is 1.45 bits per heavy atom. The van der Waals surface area contributed by atoms with Crippen molar-refractivity contribution >= 4 is 23.4 Å². The second-order valence-electron chi connectivity index (χ2n) is 6.66. The van der Waals surface area contributed by atoms with Crippen LogP contribution >= 0.6 is 11.6 Å². The normalized spacial score (nSPS) is 16.5. The Labute approximate surface area is 137 Å². The van der Waals surface area contributed by atoms with Crippen LogP contribution in [0.15, 0.2) is 18.3 Å². The van der Waals surface area contributed by atoms with Crippen LogP contribution in [-0.2, 0) is 4.74 Å². The van der Waals surface area contributed by atoms with Gasteiger partial charge in [-0.3, -0.25) is 0 Å². The largest absolute Gasteiger partial charge is 0.444 e. The number of hydrogen-bond donors (Lipinski definition) is 1. The van der Waals surface area contributed by atoms with Gasteiger partial charge in [0, 0.05) is 31.5 Å². The highest BCUT2D eigenvalue weighted by molar-refractivity contribution is 6.29. The third kappa shape index (κ3) is 5.37. The minimum atomic E-state index is -0.434. The summed E-state index contributed by atoms with van der Waals surface area (Å²) in [6.07, 6.45) is 3.44. The molecule has 2 heterocycles. The summed E-state index contributed by atoms with van der Waals surface area (Å²) < 4.78 is 5.40. The first-order chi connectivity index (χ1) is 10.3. The predicted octanol–water partition coefficient (Wildman–Crippen LogP) is 3.79. The van der Waals surface area contributed by atoms with E-state index in [0.717, 1.165) is 38.2 Å². The summed E-state index contributed by atoms with van der Waals surface area (Å²) in [6, 6.07) is 3.72. The molecule has 1 saturated heterocycles. The summed E-state index contributed by atoms with van der Waals surface area (Å²) >= 11 is 5.86. The number of ether oxygens (including phenoxy) is 1. The maximum atomic E-state index is 12.0. The van der Waals surface area contributed by atoms with Gasteiger partial charge in [-0.25, -0.2) is 9.78 Å². The SMILES string of the molecule is CC(C)(C)OC(=O)N1CCC(CNc2ccnc(Cl)c2)CC1. The molecule has 0 unspecified atom stereocenters. The van der Waals surface area contributed by atoms with Gasteiger partial charge in [-0.05, 0) is 51.7 Å². The molecule has 1 aliphatic rings. The van der Waals surface area contributed by atoms with Gasteiger partial charge >= 0.3 is 6.09 Å². The zero-order chi connectivity index (χ0) is 16.2. The number of aromatic nitrogens is 1. The number of amides is 1. The molecule has 1 fully saturated rings. The summed E-state index contributed by atoms with van der Waals surface area (Å²) in [4.78, 5) is 17.8. The number of nitrogens with zero attached hydrogens (tertiary/aromatic N) is 2. The lowest BCUT2D eigenvalue weighted by molar-refractivity contribution is 0.0188. The van der Waals surface area contributed by atoms with Gasteiger partial charge in [-0.1, -0.05) is 11.6 Å². The van der Waals surface area contributed by atoms with Gasteiger partial charge in [-0.15, -0.1) is 0 Å². The van der Waals surface area contributed by atoms with Crippen LogP contribution in [0.25, 0.3) is 0 Å². The van der Waals surface area contributed by atoms with Crippen molar-refractivity contribution in [2.45, 2.75) is 39.2 Å². The zero-order valence-corrected chi connectivity index (χ0v) is 14.2. The molecule has 0 aromatic carbocycles. The molecule has 1 aromatic rings. The molecule has 122 valence electrons. The number of carbonyl (C=O) groups excluding carboxylic acids is 1. The van der Waals surface area contributed by atoms with Crippen molar-refractivity contribution in [2.24, 2.45) is 5.92 Å². The fourth-order valence-corrected chi connectivity index (χ4v) is 2.59. The summed E-state index contributed by atoms with van der Waals surface area (Å²) in [5.41, 5.74) is 0.547. The summed E-state index contributed by atoms with van der Waals surface area (Å²) in [5, 5.41) is 3.87. The number of halogens is 1. The number of carbonyl (C=O) groups is 1. The number of hydrogen-bond acceptors (Lipinski definition) is 4. The first-order valence-corrected chi connectivity index (χ1v) is 8.04. The molecule has 5 nitrogen and oxygen atoms in total. The average molecular weight is 326 g/mol. The van der Waals surface area contributed by atoms with Crippen molar-refractivity contribution in [3.8, 4) is 0 Å². The third-order valence-electron chi connectivity index (χ3n) is 3.59. The van der Waals surface area contributed by atoms with Crippen LogP contribution in [0.5, 0.6) is 0 Å². The van der Waals surface area contributed by atoms with E-state index in [1.807, 2.05) is 32.9 Å². The van der Waals surface area contributed by atoms with Crippen LogP contribution in [0.1, 0.15) is 33.6 Å². The van der Waals surface area contributed by atoms with E-state index < -0.39 is 5.60 Å². The molecule has 6 heteroatoms. The van der Waals surface area contributed by atoms with Gasteiger partial charge < -0.3 is 15.0 Å². The molecule has 0 radical (unpaired) electrons. The number of pyridine rings is 1. The van der Waals surface area contributed by atoms with Gasteiger partial charge in [0.2, 0.25) is 0 Å². The van der Waals surface area contributed by atoms with Crippen molar-refractivity contribution in [1.82, 2.24) is 9.88 Å². The van der Waals surface area contributed by atoms with Gasteiger partial charge in [-0.2, -0.15) is 0 Å². The molecule has 0 saturated carbocycles. The number of nitrogens with one attached hydrogen (secondary N) is 1. The van der Waals surface area contributed by atoms with Gasteiger partial charge in [0.15, 0.2) is 0 Å². The van der Waals surface area contributed by atoms with E-state index in [4.69, 9.17) is 16.3 Å². The molecule has 1 N–H and O–H groups in total. The minimum Gasteiger partial charge on any atom is -0.444 e. The third-order valence-corrected chi connectivity index (χ3v) is 3.79. The van der Waals surface area contributed by atoms with Crippen LogP contribution in [0.3, 0.4) is 0 Å². The molecular formula is C16H24ClN3O2. The van der Waals surface area contributed by atoms with Crippen molar-refractivity contribution in [3.05, 3.63) is 23.5 Å². The molecule has 0 bridgehead atoms. The quantitative estimate of drug-likeness (QED) is 0.859. The first kappa shape index (κ1) is 16.9. The van der Waals surface area contributed by atoms with E-state index in [1.165, 1.54) is 0 Å². The van der Waals surface area contributed by atoms with E-state index in [1.54, 1.807) is 11.1 Å². The highest BCUT2D eigenvalue weighted by Crippen LogP contribution is 2.21. The lowest BCUT2D eigenvalue weighted by atomic mass is 9.97. The molecule has 0 aliphatic carbocycles. The molecular weight excluding hydrogens is 302 g/mol. The Kier molecular flexibility index (Phi) is 5.51. The molecule has 1 amide bonds. The van der Waals surface area contributed by atoms with Crippen molar-refractivity contribution in [3.63, 3.8) is 0 Å². The lowest BCUT2D eigenvalue weighted by Crippen LogP contribution is -2.42. The fourth-order valence-electron chi connectivity index (χ4n) is 2.42. The first-order valence-electron chi connectivity index (χ1n) is 7.67. The number of likely N-dealkylation sites (tertiary alicyclic amines) is 1. The van der Waals surface area contributed by atoms with Crippen LogP contribution < -0.4 is 5.32 Å². The zero-order valence-electron chi connectivity index (χ0n) is 13.4. The van der Waals surface area contributed by atoms with Crippen LogP contribution in [0, 0.1) is 5.92 Å². The maximum Gasteiger partial charge on any atom is 0.410 e. The van der Waals surface area contributed by atoms with Gasteiger partial charge in [0.05, 0.1) is 0 Å². The fraction of sp³-hybridized carbons (Fsp3) is 0.625. The van der Waals surface area contributed by atoms with Crippen LogP contribution in [0.4, 0.5) is 10.5 Å². The number of anilines is 1. The van der Waals surface area contributed by atoms with Crippen LogP contribution in [0.2, 0.25) is 5.15 Å². The van der Waals surface area contributed by atoms with Crippen LogP contribution in [-0.4, -0.2) is 41.2 Å². The molecule has 0 atom stereocenters. The molecule has 22 heavy (non-hydrogen) atoms. The van der Waals surface area contributed by atoms with Crippen molar-refractivity contribution < 1.29 is 9.53 Å². The Morgan fingerprint density at radius 3 is 2.73 bits per heavy atom. The molecule has 2 rings (SSSR count). The molecule has 1 aromatic heterocycles. The topological polar surface area (TPSA) is 54.5 Å². The van der Waals surface area contributed by atoms with E-state index in [9.17, 15) is 4.79 Å². The minimum absolute atomic E-state index is 0.208. The summed E-state index contributed by atoms with van der Waals surface area (Å²) in [6.45, 7) is 8.05. The maximum absolute atomic E-state index is 12.0. The van der Waals surface area contributed by atoms with E-state index in [-0.39, 0.29) is 6.09 Å². The Morgan fingerprint density at radius 2 is 2.14 bits per heavy atom. The highest BCUT2D eigenvalue weighted by atomic mass is 35.5. The summed E-state index contributed by atoms with van der Waals surface area (Å²) in [5.74, 6) is 0.547. The lowest BCUT2D eigenvalue weighted by Gasteiger charge is -2.33. The highest BCUT2D eigenvalue weighted by Gasteiger charge is 2.26. The Balaban J connectivity index is 1.74. The van der Waals surface area contributed by atoms with Crippen molar-refractivity contribution in [2.75, 3.05) is 25.0 Å². The van der Waals surface area contributed by atoms with E-state index in [0.29, 0.717) is 11.1 Å². The monoisotopic (exact) mass is 325 g/mol. The van der Waals surface area contributed by atoms with Crippen molar-refractivity contribution in [1.29, 1.82) is 0 Å². The Bertz CT molecular complexity index is 508. The number of rotatable bonds is 3. The number of piperidine rings is 1. The smallest absolute Gasteiger partial charge is 0.410 e. The predicted molar refractivity (Wildman–Crippen MR) is 88.3 cm³/mol. The second kappa shape index (κ2) is 7.18. The average Bonchev–Trinajstić information content (AvgIpc) is 2.44. The van der Waals surface area contributed by atoms with E-state index in [2.05, 4.69) is 10.3 Å². The second-order valence-corrected chi connectivity index (χ2v) is 7.05. The van der Waals surface area contributed by atoms with Gasteiger partial charge in [0.1, 0.15) is 10.8 Å². The van der Waals surface area contributed by atoms with Gasteiger partial charge in [0.25, 0.3) is 0 Å². The molecule has 1 aliphatic heterocycles. The van der Waals surface area contributed by atoms with E-state index >= 15 is 0 Å². The molecule has 0 spiro atoms. The standard InChI is InChI=1S/C16H24ClN3O2/c1-16(2,3)22-15(21)20-8-5-12(6-9-20)11-19-13-4-7-18-14(17)10-13/h4,7,10,12H,5-6,8-9,11H2,1-3H3,(H,18,19). The Hall–Kier alpha value is -1.49.